The first-order valence-corrected chi connectivity index (χ1v) is 12.0. The van der Waals surface area contributed by atoms with Crippen LogP contribution in [0.3, 0.4) is 0 Å². The predicted octanol–water partition coefficient (Wildman–Crippen LogP) is 2.36. The lowest BCUT2D eigenvalue weighted by Crippen LogP contribution is -2.43. The van der Waals surface area contributed by atoms with E-state index >= 15 is 0 Å². The highest BCUT2D eigenvalue weighted by molar-refractivity contribution is 5.96. The zero-order valence-corrected chi connectivity index (χ0v) is 21.5. The number of benzene rings is 2. The summed E-state index contributed by atoms with van der Waals surface area (Å²) in [4.78, 5) is 50.7. The van der Waals surface area contributed by atoms with Gasteiger partial charge in [-0.05, 0) is 36.1 Å². The van der Waals surface area contributed by atoms with Crippen molar-refractivity contribution in [2.75, 3.05) is 6.54 Å². The normalized spacial score (nSPS) is 11.5. The number of hydrogen-bond donors (Lipinski definition) is 5. The number of aliphatic imine (C=N–C) groups is 1. The Morgan fingerprint density at radius 2 is 1.41 bits per heavy atom. The minimum Gasteiger partial charge on any atom is -0.480 e. The molecule has 0 fully saturated rings. The predicted molar refractivity (Wildman–Crippen MR) is 143 cm³/mol. The number of halogens is 3. The van der Waals surface area contributed by atoms with Crippen LogP contribution in [0, 0.1) is 0 Å². The number of alkyl halides is 3. The third kappa shape index (κ3) is 9.84. The highest BCUT2D eigenvalue weighted by atomic mass is 19.4. The van der Waals surface area contributed by atoms with Crippen molar-refractivity contribution in [1.29, 1.82) is 0 Å². The topological polar surface area (TPSA) is 190 Å². The number of aromatic nitrogens is 1. The van der Waals surface area contributed by atoms with Gasteiger partial charge in [-0.25, -0.2) is 9.59 Å². The maximum Gasteiger partial charge on any atom is 0.490 e. The van der Waals surface area contributed by atoms with E-state index in [0.717, 1.165) is 11.1 Å². The number of amides is 1. The average Bonchev–Trinajstić information content (AvgIpc) is 2.92. The average molecular weight is 576 g/mol. The van der Waals surface area contributed by atoms with Gasteiger partial charge in [-0.2, -0.15) is 13.2 Å². The van der Waals surface area contributed by atoms with Gasteiger partial charge in [-0.15, -0.1) is 0 Å². The molecule has 0 aliphatic heterocycles. The summed E-state index contributed by atoms with van der Waals surface area (Å²) in [6.07, 6.45) is -3.01. The molecular formula is C27H28F3N5O6. The van der Waals surface area contributed by atoms with Crippen LogP contribution in [0.25, 0.3) is 0 Å². The van der Waals surface area contributed by atoms with Crippen LogP contribution in [-0.2, 0) is 9.59 Å². The van der Waals surface area contributed by atoms with Crippen LogP contribution in [0.4, 0.5) is 13.2 Å². The second-order valence-corrected chi connectivity index (χ2v) is 8.47. The molecule has 0 aliphatic rings. The molecule has 218 valence electrons. The van der Waals surface area contributed by atoms with Crippen molar-refractivity contribution in [1.82, 2.24) is 9.88 Å². The molecule has 14 heteroatoms. The summed E-state index contributed by atoms with van der Waals surface area (Å²) in [7, 11) is 0. The summed E-state index contributed by atoms with van der Waals surface area (Å²) >= 11 is 0. The number of carboxylic acid groups (broad SMARTS) is 2. The third-order valence-corrected chi connectivity index (χ3v) is 5.52. The molecule has 0 aliphatic carbocycles. The van der Waals surface area contributed by atoms with Gasteiger partial charge in [0, 0.05) is 12.7 Å². The van der Waals surface area contributed by atoms with E-state index in [2.05, 4.69) is 10.3 Å². The van der Waals surface area contributed by atoms with Crippen LogP contribution in [0.15, 0.2) is 88.8 Å². The minimum absolute atomic E-state index is 0.0906. The number of pyridine rings is 1. The van der Waals surface area contributed by atoms with E-state index in [1.807, 2.05) is 60.7 Å². The Hall–Kier alpha value is -5.14. The Balaban J connectivity index is 0.000000745. The Bertz CT molecular complexity index is 1370. The van der Waals surface area contributed by atoms with Crippen molar-refractivity contribution in [2.45, 2.75) is 31.1 Å². The van der Waals surface area contributed by atoms with Crippen molar-refractivity contribution in [3.8, 4) is 0 Å². The van der Waals surface area contributed by atoms with Crippen LogP contribution in [-0.4, -0.2) is 57.3 Å². The summed E-state index contributed by atoms with van der Waals surface area (Å²) in [5.74, 6) is -4.81. The third-order valence-electron chi connectivity index (χ3n) is 5.52. The van der Waals surface area contributed by atoms with Gasteiger partial charge >= 0.3 is 18.1 Å². The molecule has 2 aromatic carbocycles. The standard InChI is InChI=1S/C25H27N5O4.C2HF3O2/c26-25(27)28-15-7-14-20(24(33)34)29-22(31)19-13-8-16-30(23(19)32)21(17-9-3-1-4-10-17)18-11-5-2-6-12-18;3-2(4,5)1(6)7/h1-6,8-13,16,20-21H,7,14-15H2,(H,29,31)(H,33,34)(H4,26,27,28);(H,6,7)/t20-;/m1./s1. The van der Waals surface area contributed by atoms with Crippen LogP contribution in [0.2, 0.25) is 0 Å². The number of carbonyl (C=O) groups is 3. The zero-order valence-electron chi connectivity index (χ0n) is 21.5. The molecule has 1 aromatic heterocycles. The van der Waals surface area contributed by atoms with Crippen molar-refractivity contribution < 1.29 is 37.8 Å². The summed E-state index contributed by atoms with van der Waals surface area (Å²) in [5.41, 5.74) is 11.6. The highest BCUT2D eigenvalue weighted by Crippen LogP contribution is 2.25. The van der Waals surface area contributed by atoms with Crippen molar-refractivity contribution in [2.24, 2.45) is 16.5 Å². The van der Waals surface area contributed by atoms with E-state index in [1.54, 1.807) is 12.3 Å². The van der Waals surface area contributed by atoms with E-state index in [4.69, 9.17) is 21.4 Å². The molecule has 0 radical (unpaired) electrons. The Labute approximate surface area is 231 Å². The van der Waals surface area contributed by atoms with E-state index < -0.39 is 41.7 Å². The number of rotatable bonds is 10. The van der Waals surface area contributed by atoms with E-state index in [-0.39, 0.29) is 24.5 Å². The SMILES string of the molecule is NC(N)=NCCC[C@@H](NC(=O)c1cccn(C(c2ccccc2)c2ccccc2)c1=O)C(=O)O.O=C(O)C(F)(F)F. The summed E-state index contributed by atoms with van der Waals surface area (Å²) in [6.45, 7) is 0.232. The smallest absolute Gasteiger partial charge is 0.480 e. The van der Waals surface area contributed by atoms with Gasteiger partial charge < -0.3 is 31.6 Å². The molecule has 1 atom stereocenters. The maximum absolute atomic E-state index is 13.4. The minimum atomic E-state index is -5.08. The molecule has 3 rings (SSSR count). The van der Waals surface area contributed by atoms with Gasteiger partial charge in [0.05, 0.1) is 6.04 Å². The van der Waals surface area contributed by atoms with Crippen LogP contribution in [0.5, 0.6) is 0 Å². The lowest BCUT2D eigenvalue weighted by molar-refractivity contribution is -0.192. The van der Waals surface area contributed by atoms with Gasteiger partial charge in [0.15, 0.2) is 5.96 Å². The van der Waals surface area contributed by atoms with Crippen LogP contribution in [0.1, 0.15) is 40.4 Å². The summed E-state index contributed by atoms with van der Waals surface area (Å²) in [6, 6.07) is 20.3. The molecule has 3 aromatic rings. The Kier molecular flexibility index (Phi) is 11.6. The van der Waals surface area contributed by atoms with Crippen LogP contribution >= 0.6 is 0 Å². The van der Waals surface area contributed by atoms with Crippen molar-refractivity contribution >= 4 is 23.8 Å². The number of hydrogen-bond acceptors (Lipinski definition) is 5. The van der Waals surface area contributed by atoms with Crippen LogP contribution < -0.4 is 22.3 Å². The molecule has 7 N–H and O–H groups in total. The number of nitrogens with zero attached hydrogens (tertiary/aromatic N) is 2. The lowest BCUT2D eigenvalue weighted by atomic mass is 9.98. The fourth-order valence-corrected chi connectivity index (χ4v) is 3.67. The summed E-state index contributed by atoms with van der Waals surface area (Å²) in [5, 5.41) is 19.1. The first-order valence-electron chi connectivity index (χ1n) is 12.0. The molecule has 0 saturated carbocycles. The number of nitrogens with two attached hydrogens (primary N) is 2. The van der Waals surface area contributed by atoms with Gasteiger partial charge in [0.1, 0.15) is 11.6 Å². The molecule has 0 bridgehead atoms. The molecule has 1 heterocycles. The first kappa shape index (κ1) is 32.1. The number of carbonyl (C=O) groups excluding carboxylic acids is 1. The number of aliphatic carboxylic acids is 2. The Morgan fingerprint density at radius 3 is 1.85 bits per heavy atom. The summed E-state index contributed by atoms with van der Waals surface area (Å²) < 4.78 is 33.2. The highest BCUT2D eigenvalue weighted by Gasteiger charge is 2.38. The van der Waals surface area contributed by atoms with E-state index in [0.29, 0.717) is 6.42 Å². The molecule has 11 nitrogen and oxygen atoms in total. The molecule has 1 amide bonds. The number of carboxylic acids is 2. The number of guanidine groups is 1. The van der Waals surface area contributed by atoms with Gasteiger partial charge in [0.25, 0.3) is 11.5 Å². The zero-order chi connectivity index (χ0) is 30.6. The molecule has 41 heavy (non-hydrogen) atoms. The van der Waals surface area contributed by atoms with Gasteiger partial charge in [0.2, 0.25) is 0 Å². The van der Waals surface area contributed by atoms with E-state index in [9.17, 15) is 32.7 Å². The monoisotopic (exact) mass is 575 g/mol. The second kappa shape index (κ2) is 14.9. The maximum atomic E-state index is 13.4. The molecule has 0 spiro atoms. The van der Waals surface area contributed by atoms with Crippen molar-refractivity contribution in [3.63, 3.8) is 0 Å². The number of nitrogens with one attached hydrogen (secondary N) is 1. The first-order chi connectivity index (χ1) is 19.3. The second-order valence-electron chi connectivity index (χ2n) is 8.47. The fraction of sp³-hybridized carbons (Fsp3) is 0.222. The van der Waals surface area contributed by atoms with E-state index in [1.165, 1.54) is 10.6 Å². The molecule has 0 saturated heterocycles. The molecular weight excluding hydrogens is 547 g/mol. The Morgan fingerprint density at radius 1 is 0.902 bits per heavy atom. The van der Waals surface area contributed by atoms with Gasteiger partial charge in [-0.3, -0.25) is 14.6 Å². The van der Waals surface area contributed by atoms with Crippen molar-refractivity contribution in [3.05, 3.63) is 106 Å². The lowest BCUT2D eigenvalue weighted by Gasteiger charge is -2.22. The fourth-order valence-electron chi connectivity index (χ4n) is 3.67. The van der Waals surface area contributed by atoms with Gasteiger partial charge in [-0.1, -0.05) is 60.7 Å². The quantitative estimate of drug-likeness (QED) is 0.138. The molecule has 0 unspecified atom stereocenters. The largest absolute Gasteiger partial charge is 0.490 e.